The molecular formula is C25H27N3O2. The lowest BCUT2D eigenvalue weighted by molar-refractivity contribution is -0.139. The quantitative estimate of drug-likeness (QED) is 0.629. The third-order valence-corrected chi connectivity index (χ3v) is 5.46. The van der Waals surface area contributed by atoms with Gasteiger partial charge < -0.3 is 9.64 Å². The molecule has 1 amide bonds. The van der Waals surface area contributed by atoms with E-state index in [2.05, 4.69) is 22.0 Å². The van der Waals surface area contributed by atoms with Crippen molar-refractivity contribution in [1.29, 1.82) is 0 Å². The van der Waals surface area contributed by atoms with Gasteiger partial charge in [-0.1, -0.05) is 42.5 Å². The Morgan fingerprint density at radius 2 is 1.53 bits per heavy atom. The van der Waals surface area contributed by atoms with Crippen molar-refractivity contribution in [2.75, 3.05) is 26.2 Å². The van der Waals surface area contributed by atoms with Crippen LogP contribution in [-0.2, 0) is 11.3 Å². The molecule has 0 bridgehead atoms. The van der Waals surface area contributed by atoms with Crippen molar-refractivity contribution in [3.05, 3.63) is 84.7 Å². The second-order valence-corrected chi connectivity index (χ2v) is 7.61. The van der Waals surface area contributed by atoms with Gasteiger partial charge in [-0.2, -0.15) is 0 Å². The van der Waals surface area contributed by atoms with Crippen LogP contribution in [0, 0.1) is 0 Å². The molecule has 4 rings (SSSR count). The number of benzene rings is 2. The number of amides is 1. The maximum atomic E-state index is 12.8. The van der Waals surface area contributed by atoms with Crippen LogP contribution in [0.3, 0.4) is 0 Å². The zero-order valence-corrected chi connectivity index (χ0v) is 17.3. The van der Waals surface area contributed by atoms with Gasteiger partial charge in [0.2, 0.25) is 0 Å². The van der Waals surface area contributed by atoms with Crippen LogP contribution >= 0.6 is 0 Å². The normalized spacial score (nSPS) is 15.6. The van der Waals surface area contributed by atoms with E-state index in [9.17, 15) is 4.79 Å². The molecule has 1 aromatic heterocycles. The molecule has 2 aromatic carbocycles. The van der Waals surface area contributed by atoms with Crippen molar-refractivity contribution in [3.63, 3.8) is 0 Å². The summed E-state index contributed by atoms with van der Waals surface area (Å²) in [6.07, 6.45) is 3.14. The number of nitrogens with zero attached hydrogens (tertiary/aromatic N) is 3. The second kappa shape index (κ2) is 9.55. The van der Waals surface area contributed by atoms with Crippen molar-refractivity contribution in [1.82, 2.24) is 14.8 Å². The molecule has 1 aliphatic rings. The summed E-state index contributed by atoms with van der Waals surface area (Å²) in [6.45, 7) is 5.91. The van der Waals surface area contributed by atoms with Crippen molar-refractivity contribution in [3.8, 4) is 16.9 Å². The average Bonchev–Trinajstić information content (AvgIpc) is 2.81. The van der Waals surface area contributed by atoms with Crippen LogP contribution in [0.25, 0.3) is 11.1 Å². The minimum atomic E-state index is -0.501. The van der Waals surface area contributed by atoms with Gasteiger partial charge in [0.1, 0.15) is 5.75 Å². The Balaban J connectivity index is 1.28. The average molecular weight is 402 g/mol. The molecule has 5 nitrogen and oxygen atoms in total. The van der Waals surface area contributed by atoms with Crippen LogP contribution in [0.5, 0.6) is 5.75 Å². The van der Waals surface area contributed by atoms with E-state index in [1.807, 2.05) is 78.8 Å². The lowest BCUT2D eigenvalue weighted by atomic mass is 10.1. The third-order valence-electron chi connectivity index (χ3n) is 5.46. The molecule has 5 heteroatoms. The highest BCUT2D eigenvalue weighted by molar-refractivity contribution is 5.81. The molecule has 3 aromatic rings. The number of hydrogen-bond donors (Lipinski definition) is 0. The van der Waals surface area contributed by atoms with E-state index in [4.69, 9.17) is 4.74 Å². The fourth-order valence-corrected chi connectivity index (χ4v) is 3.74. The number of hydrogen-bond acceptors (Lipinski definition) is 4. The Morgan fingerprint density at radius 3 is 2.20 bits per heavy atom. The van der Waals surface area contributed by atoms with Crippen LogP contribution in [0.4, 0.5) is 0 Å². The number of piperazine rings is 1. The highest BCUT2D eigenvalue weighted by atomic mass is 16.5. The molecule has 2 heterocycles. The van der Waals surface area contributed by atoms with Crippen LogP contribution in [-0.4, -0.2) is 53.0 Å². The predicted octanol–water partition coefficient (Wildman–Crippen LogP) is 3.86. The van der Waals surface area contributed by atoms with Gasteiger partial charge in [0, 0.05) is 45.1 Å². The summed E-state index contributed by atoms with van der Waals surface area (Å²) in [5.74, 6) is 0.762. The minimum Gasteiger partial charge on any atom is -0.481 e. The zero-order valence-electron chi connectivity index (χ0n) is 17.3. The van der Waals surface area contributed by atoms with Gasteiger partial charge in [0.15, 0.2) is 6.10 Å². The standard InChI is InChI=1S/C25H27N3O2/c1-20(30-24-9-7-23(8-10-24)22-5-3-2-4-6-22)25(29)28-17-15-27(16-18-28)19-21-11-13-26-14-12-21/h2-14,20H,15-19H2,1H3. The summed E-state index contributed by atoms with van der Waals surface area (Å²) < 4.78 is 5.93. The Bertz CT molecular complexity index is 937. The lowest BCUT2D eigenvalue weighted by Gasteiger charge is -2.35. The van der Waals surface area contributed by atoms with E-state index in [1.165, 1.54) is 5.56 Å². The molecule has 0 spiro atoms. The van der Waals surface area contributed by atoms with E-state index in [-0.39, 0.29) is 5.91 Å². The summed E-state index contributed by atoms with van der Waals surface area (Å²) in [6, 6.07) is 22.2. The van der Waals surface area contributed by atoms with Crippen LogP contribution < -0.4 is 4.74 Å². The predicted molar refractivity (Wildman–Crippen MR) is 118 cm³/mol. The van der Waals surface area contributed by atoms with E-state index in [1.54, 1.807) is 0 Å². The first-order chi connectivity index (χ1) is 14.7. The lowest BCUT2D eigenvalue weighted by Crippen LogP contribution is -2.51. The van der Waals surface area contributed by atoms with Gasteiger partial charge in [0.25, 0.3) is 5.91 Å². The number of rotatable bonds is 6. The van der Waals surface area contributed by atoms with Gasteiger partial charge in [-0.25, -0.2) is 0 Å². The first-order valence-corrected chi connectivity index (χ1v) is 10.4. The summed E-state index contributed by atoms with van der Waals surface area (Å²) in [7, 11) is 0. The molecular weight excluding hydrogens is 374 g/mol. The van der Waals surface area contributed by atoms with Crippen molar-refractivity contribution in [2.24, 2.45) is 0 Å². The van der Waals surface area contributed by atoms with Gasteiger partial charge in [-0.15, -0.1) is 0 Å². The fraction of sp³-hybridized carbons (Fsp3) is 0.280. The van der Waals surface area contributed by atoms with Crippen LogP contribution in [0.1, 0.15) is 12.5 Å². The monoisotopic (exact) mass is 401 g/mol. The SMILES string of the molecule is CC(Oc1ccc(-c2ccccc2)cc1)C(=O)N1CCN(Cc2ccncc2)CC1. The molecule has 0 saturated carbocycles. The molecule has 30 heavy (non-hydrogen) atoms. The number of carbonyl (C=O) groups excluding carboxylic acids is 1. The number of pyridine rings is 1. The summed E-state index contributed by atoms with van der Waals surface area (Å²) in [5.41, 5.74) is 3.55. The molecule has 1 unspecified atom stereocenters. The highest BCUT2D eigenvalue weighted by Crippen LogP contribution is 2.23. The van der Waals surface area contributed by atoms with Gasteiger partial charge >= 0.3 is 0 Å². The number of carbonyl (C=O) groups is 1. The Hall–Kier alpha value is -3.18. The topological polar surface area (TPSA) is 45.7 Å². The first kappa shape index (κ1) is 20.1. The van der Waals surface area contributed by atoms with Crippen LogP contribution in [0.15, 0.2) is 79.1 Å². The molecule has 1 fully saturated rings. The highest BCUT2D eigenvalue weighted by Gasteiger charge is 2.26. The van der Waals surface area contributed by atoms with Crippen molar-refractivity contribution >= 4 is 5.91 Å². The minimum absolute atomic E-state index is 0.0469. The van der Waals surface area contributed by atoms with E-state index < -0.39 is 6.10 Å². The second-order valence-electron chi connectivity index (χ2n) is 7.61. The Morgan fingerprint density at radius 1 is 0.900 bits per heavy atom. The van der Waals surface area contributed by atoms with Gasteiger partial charge in [-0.05, 0) is 47.9 Å². The van der Waals surface area contributed by atoms with Crippen molar-refractivity contribution < 1.29 is 9.53 Å². The Kier molecular flexibility index (Phi) is 6.40. The van der Waals surface area contributed by atoms with Crippen LogP contribution in [0.2, 0.25) is 0 Å². The first-order valence-electron chi connectivity index (χ1n) is 10.4. The smallest absolute Gasteiger partial charge is 0.263 e. The van der Waals surface area contributed by atoms with Gasteiger partial charge in [0.05, 0.1) is 0 Å². The fourth-order valence-electron chi connectivity index (χ4n) is 3.74. The summed E-state index contributed by atoms with van der Waals surface area (Å²) in [5, 5.41) is 0. The number of aromatic nitrogens is 1. The molecule has 0 N–H and O–H groups in total. The molecule has 0 aliphatic carbocycles. The van der Waals surface area contributed by atoms with Gasteiger partial charge in [-0.3, -0.25) is 14.7 Å². The molecule has 1 aliphatic heterocycles. The van der Waals surface area contributed by atoms with E-state index in [0.29, 0.717) is 5.75 Å². The number of ether oxygens (including phenoxy) is 1. The Labute approximate surface area is 177 Å². The molecule has 154 valence electrons. The third kappa shape index (κ3) is 5.05. The maximum Gasteiger partial charge on any atom is 0.263 e. The molecule has 1 atom stereocenters. The largest absolute Gasteiger partial charge is 0.481 e. The maximum absolute atomic E-state index is 12.8. The zero-order chi connectivity index (χ0) is 20.8. The summed E-state index contributed by atoms with van der Waals surface area (Å²) >= 11 is 0. The van der Waals surface area contributed by atoms with E-state index >= 15 is 0 Å². The molecule has 0 radical (unpaired) electrons. The van der Waals surface area contributed by atoms with E-state index in [0.717, 1.165) is 43.9 Å². The van der Waals surface area contributed by atoms with Crippen molar-refractivity contribution in [2.45, 2.75) is 19.6 Å². The molecule has 1 saturated heterocycles. The summed E-state index contributed by atoms with van der Waals surface area (Å²) in [4.78, 5) is 21.2.